The van der Waals surface area contributed by atoms with E-state index in [4.69, 9.17) is 9.47 Å². The lowest BCUT2D eigenvalue weighted by molar-refractivity contribution is 0.174. The molecule has 0 atom stereocenters. The minimum absolute atomic E-state index is 0.257. The second kappa shape index (κ2) is 6.54. The predicted octanol–water partition coefficient (Wildman–Crippen LogP) is 2.80. The summed E-state index contributed by atoms with van der Waals surface area (Å²) in [5, 5.41) is 0. The second-order valence-electron chi connectivity index (χ2n) is 5.46. The van der Waals surface area contributed by atoms with Crippen LogP contribution in [0, 0.1) is 0 Å². The number of rotatable bonds is 5. The molecule has 0 bridgehead atoms. The Labute approximate surface area is 141 Å². The van der Waals surface area contributed by atoms with Crippen LogP contribution in [0.4, 0.5) is 5.69 Å². The van der Waals surface area contributed by atoms with Gasteiger partial charge in [0, 0.05) is 19.8 Å². The van der Waals surface area contributed by atoms with Crippen LogP contribution in [0.1, 0.15) is 11.1 Å². The lowest BCUT2D eigenvalue weighted by Crippen LogP contribution is -2.28. The van der Waals surface area contributed by atoms with Gasteiger partial charge in [0.15, 0.2) is 11.5 Å². The Hall–Kier alpha value is -2.51. The predicted molar refractivity (Wildman–Crippen MR) is 94.2 cm³/mol. The minimum atomic E-state index is -3.49. The van der Waals surface area contributed by atoms with Crippen molar-refractivity contribution < 1.29 is 17.9 Å². The third kappa shape index (κ3) is 3.69. The standard InChI is InChI=1S/C17H18N2O4S/c1-19(2)24(20,21)18-15-8-5-13(6-9-15)3-4-14-7-10-16-17(11-14)23-12-22-16/h3-11,18H,12H2,1-2H3/b4-3+. The highest BCUT2D eigenvalue weighted by Crippen LogP contribution is 2.33. The molecular weight excluding hydrogens is 328 g/mol. The summed E-state index contributed by atoms with van der Waals surface area (Å²) in [6.07, 6.45) is 3.91. The van der Waals surface area contributed by atoms with E-state index < -0.39 is 10.2 Å². The van der Waals surface area contributed by atoms with Crippen molar-refractivity contribution in [2.24, 2.45) is 0 Å². The average Bonchev–Trinajstić information content (AvgIpc) is 3.01. The molecule has 0 unspecified atom stereocenters. The zero-order chi connectivity index (χ0) is 17.2. The van der Waals surface area contributed by atoms with Gasteiger partial charge in [0.25, 0.3) is 0 Å². The molecule has 2 aromatic rings. The van der Waals surface area contributed by atoms with E-state index >= 15 is 0 Å². The van der Waals surface area contributed by atoms with Gasteiger partial charge in [-0.05, 0) is 35.4 Å². The Morgan fingerprint density at radius 1 is 0.958 bits per heavy atom. The zero-order valence-electron chi connectivity index (χ0n) is 13.4. The van der Waals surface area contributed by atoms with E-state index in [9.17, 15) is 8.42 Å². The number of nitrogens with one attached hydrogen (secondary N) is 1. The lowest BCUT2D eigenvalue weighted by atomic mass is 10.1. The van der Waals surface area contributed by atoms with Crippen molar-refractivity contribution in [3.63, 3.8) is 0 Å². The Morgan fingerprint density at radius 3 is 2.29 bits per heavy atom. The third-order valence-corrected chi connectivity index (χ3v) is 4.96. The quantitative estimate of drug-likeness (QED) is 0.846. The summed E-state index contributed by atoms with van der Waals surface area (Å²) >= 11 is 0. The topological polar surface area (TPSA) is 67.9 Å². The van der Waals surface area contributed by atoms with Crippen molar-refractivity contribution in [3.05, 3.63) is 53.6 Å². The van der Waals surface area contributed by atoms with Crippen LogP contribution < -0.4 is 14.2 Å². The summed E-state index contributed by atoms with van der Waals surface area (Å²) in [5.74, 6) is 1.50. The Morgan fingerprint density at radius 2 is 1.58 bits per heavy atom. The molecule has 0 aliphatic carbocycles. The molecule has 0 saturated carbocycles. The number of nitrogens with zero attached hydrogens (tertiary/aromatic N) is 1. The molecule has 0 amide bonds. The van der Waals surface area contributed by atoms with Gasteiger partial charge in [-0.1, -0.05) is 30.4 Å². The summed E-state index contributed by atoms with van der Waals surface area (Å²) in [7, 11) is -0.532. The number of ether oxygens (including phenoxy) is 2. The minimum Gasteiger partial charge on any atom is -0.454 e. The maximum atomic E-state index is 11.8. The highest BCUT2D eigenvalue weighted by Gasteiger charge is 2.13. The smallest absolute Gasteiger partial charge is 0.301 e. The van der Waals surface area contributed by atoms with Crippen LogP contribution >= 0.6 is 0 Å². The van der Waals surface area contributed by atoms with E-state index in [2.05, 4.69) is 4.72 Å². The monoisotopic (exact) mass is 346 g/mol. The summed E-state index contributed by atoms with van der Waals surface area (Å²) in [4.78, 5) is 0. The zero-order valence-corrected chi connectivity index (χ0v) is 14.2. The number of hydrogen-bond donors (Lipinski definition) is 1. The van der Waals surface area contributed by atoms with Crippen LogP contribution in [0.5, 0.6) is 11.5 Å². The van der Waals surface area contributed by atoms with Crippen molar-refractivity contribution >= 4 is 28.0 Å². The Balaban J connectivity index is 1.70. The number of hydrogen-bond acceptors (Lipinski definition) is 4. The van der Waals surface area contributed by atoms with Gasteiger partial charge in [0.05, 0.1) is 0 Å². The number of anilines is 1. The van der Waals surface area contributed by atoms with Gasteiger partial charge in [0.2, 0.25) is 6.79 Å². The maximum Gasteiger partial charge on any atom is 0.301 e. The Kier molecular flexibility index (Phi) is 4.46. The van der Waals surface area contributed by atoms with Gasteiger partial charge in [-0.15, -0.1) is 0 Å². The van der Waals surface area contributed by atoms with Gasteiger partial charge in [-0.25, -0.2) is 0 Å². The fourth-order valence-electron chi connectivity index (χ4n) is 2.11. The first-order valence-electron chi connectivity index (χ1n) is 7.32. The molecule has 1 aliphatic heterocycles. The third-order valence-electron chi connectivity index (χ3n) is 3.50. The van der Waals surface area contributed by atoms with E-state index in [1.54, 1.807) is 12.1 Å². The first kappa shape index (κ1) is 16.4. The van der Waals surface area contributed by atoms with Gasteiger partial charge in [0.1, 0.15) is 0 Å². The van der Waals surface area contributed by atoms with Crippen LogP contribution in [0.25, 0.3) is 12.2 Å². The molecule has 1 N–H and O–H groups in total. The van der Waals surface area contributed by atoms with Gasteiger partial charge in [-0.3, -0.25) is 4.72 Å². The first-order chi connectivity index (χ1) is 11.4. The van der Waals surface area contributed by atoms with Crippen molar-refractivity contribution in [3.8, 4) is 11.5 Å². The van der Waals surface area contributed by atoms with Gasteiger partial charge >= 0.3 is 10.2 Å². The maximum absolute atomic E-state index is 11.8. The van der Waals surface area contributed by atoms with Crippen LogP contribution in [0.3, 0.4) is 0 Å². The average molecular weight is 346 g/mol. The van der Waals surface area contributed by atoms with Crippen molar-refractivity contribution in [2.75, 3.05) is 25.6 Å². The Bertz CT molecular complexity index is 859. The van der Waals surface area contributed by atoms with Crippen molar-refractivity contribution in [1.82, 2.24) is 4.31 Å². The van der Waals surface area contributed by atoms with Crippen LogP contribution in [0.15, 0.2) is 42.5 Å². The molecule has 7 heteroatoms. The molecule has 1 heterocycles. The highest BCUT2D eigenvalue weighted by molar-refractivity contribution is 7.90. The molecule has 3 rings (SSSR count). The van der Waals surface area contributed by atoms with E-state index in [0.29, 0.717) is 5.69 Å². The molecule has 0 fully saturated rings. The summed E-state index contributed by atoms with van der Waals surface area (Å²) in [6.45, 7) is 0.257. The van der Waals surface area contributed by atoms with E-state index in [0.717, 1.165) is 26.9 Å². The van der Waals surface area contributed by atoms with Crippen LogP contribution in [-0.4, -0.2) is 33.6 Å². The molecule has 0 aromatic heterocycles. The van der Waals surface area contributed by atoms with E-state index in [-0.39, 0.29) is 6.79 Å². The summed E-state index contributed by atoms with van der Waals surface area (Å²) in [5.41, 5.74) is 2.47. The van der Waals surface area contributed by atoms with Crippen LogP contribution in [0.2, 0.25) is 0 Å². The molecule has 1 aliphatic rings. The molecular formula is C17H18N2O4S. The first-order valence-corrected chi connectivity index (χ1v) is 8.76. The fourth-order valence-corrected chi connectivity index (χ4v) is 2.73. The van der Waals surface area contributed by atoms with Crippen LogP contribution in [-0.2, 0) is 10.2 Å². The van der Waals surface area contributed by atoms with Gasteiger partial charge < -0.3 is 9.47 Å². The van der Waals surface area contributed by atoms with Crippen molar-refractivity contribution in [2.45, 2.75) is 0 Å². The lowest BCUT2D eigenvalue weighted by Gasteiger charge is -2.13. The molecule has 2 aromatic carbocycles. The summed E-state index contributed by atoms with van der Waals surface area (Å²) < 4.78 is 37.8. The fraction of sp³-hybridized carbons (Fsp3) is 0.176. The normalized spacial score (nSPS) is 13.6. The SMILES string of the molecule is CN(C)S(=O)(=O)Nc1ccc(/C=C/c2ccc3c(c2)OCO3)cc1. The molecule has 0 saturated heterocycles. The van der Waals surface area contributed by atoms with E-state index in [1.165, 1.54) is 14.1 Å². The summed E-state index contributed by atoms with van der Waals surface area (Å²) in [6, 6.07) is 12.9. The highest BCUT2D eigenvalue weighted by atomic mass is 32.2. The molecule has 126 valence electrons. The van der Waals surface area contributed by atoms with E-state index in [1.807, 2.05) is 42.5 Å². The second-order valence-corrected chi connectivity index (χ2v) is 7.34. The largest absolute Gasteiger partial charge is 0.454 e. The molecule has 0 radical (unpaired) electrons. The molecule has 0 spiro atoms. The van der Waals surface area contributed by atoms with Gasteiger partial charge in [-0.2, -0.15) is 12.7 Å². The van der Waals surface area contributed by atoms with Crippen molar-refractivity contribution in [1.29, 1.82) is 0 Å². The number of fused-ring (bicyclic) bond motifs is 1. The molecule has 6 nitrogen and oxygen atoms in total. The number of benzene rings is 2. The molecule has 24 heavy (non-hydrogen) atoms.